The zero-order valence-corrected chi connectivity index (χ0v) is 12.5. The van der Waals surface area contributed by atoms with E-state index in [4.69, 9.17) is 16.3 Å². The summed E-state index contributed by atoms with van der Waals surface area (Å²) in [4.78, 5) is 12.0. The summed E-state index contributed by atoms with van der Waals surface area (Å²) in [5, 5.41) is 6.54. The Hall–Kier alpha value is -0.970. The third-order valence-electron chi connectivity index (χ3n) is 3.35. The van der Waals surface area contributed by atoms with Crippen molar-refractivity contribution in [2.45, 2.75) is 6.92 Å². The van der Waals surface area contributed by atoms with Crippen LogP contribution in [0.2, 0.25) is 5.02 Å². The van der Waals surface area contributed by atoms with E-state index in [1.165, 1.54) is 0 Å². The van der Waals surface area contributed by atoms with Crippen molar-refractivity contribution >= 4 is 35.6 Å². The third-order valence-corrected chi connectivity index (χ3v) is 3.65. The predicted octanol–water partition coefficient (Wildman–Crippen LogP) is 2.56. The molecule has 0 aromatic heterocycles. The smallest absolute Gasteiger partial charge is 0.227 e. The topological polar surface area (TPSA) is 50.4 Å². The Morgan fingerprint density at radius 1 is 1.53 bits per heavy atom. The molecule has 19 heavy (non-hydrogen) atoms. The number of rotatable bonds is 4. The van der Waals surface area contributed by atoms with Crippen LogP contribution in [-0.4, -0.2) is 26.1 Å². The SMILES string of the molecule is COc1ccc(NC(=O)C(C)C2CNC2)cc1Cl.Cl. The van der Waals surface area contributed by atoms with E-state index in [1.807, 2.05) is 6.92 Å². The van der Waals surface area contributed by atoms with Crippen LogP contribution in [0.5, 0.6) is 5.75 Å². The van der Waals surface area contributed by atoms with Crippen LogP contribution in [0.25, 0.3) is 0 Å². The van der Waals surface area contributed by atoms with Crippen molar-refractivity contribution in [3.63, 3.8) is 0 Å². The molecule has 0 bridgehead atoms. The first-order valence-corrected chi connectivity index (χ1v) is 6.34. The van der Waals surface area contributed by atoms with Crippen LogP contribution in [0.4, 0.5) is 5.69 Å². The summed E-state index contributed by atoms with van der Waals surface area (Å²) in [6.07, 6.45) is 0. The minimum atomic E-state index is 0. The molecular formula is C13H18Cl2N2O2. The number of nitrogens with one attached hydrogen (secondary N) is 2. The van der Waals surface area contributed by atoms with E-state index in [2.05, 4.69) is 10.6 Å². The lowest BCUT2D eigenvalue weighted by Gasteiger charge is -2.31. The zero-order chi connectivity index (χ0) is 13.1. The zero-order valence-electron chi connectivity index (χ0n) is 10.9. The fourth-order valence-corrected chi connectivity index (χ4v) is 2.14. The number of halogens is 2. The predicted molar refractivity (Wildman–Crippen MR) is 79.4 cm³/mol. The van der Waals surface area contributed by atoms with Crippen molar-refractivity contribution in [2.75, 3.05) is 25.5 Å². The van der Waals surface area contributed by atoms with Gasteiger partial charge in [-0.15, -0.1) is 12.4 Å². The van der Waals surface area contributed by atoms with Gasteiger partial charge in [-0.3, -0.25) is 4.79 Å². The molecule has 1 atom stereocenters. The number of amides is 1. The average molecular weight is 305 g/mol. The molecule has 0 saturated carbocycles. The maximum Gasteiger partial charge on any atom is 0.227 e. The largest absolute Gasteiger partial charge is 0.495 e. The Bertz CT molecular complexity index is 450. The number of ether oxygens (including phenoxy) is 1. The molecule has 1 aliphatic rings. The molecule has 0 radical (unpaired) electrons. The molecular weight excluding hydrogens is 287 g/mol. The van der Waals surface area contributed by atoms with Gasteiger partial charge in [0.2, 0.25) is 5.91 Å². The maximum absolute atomic E-state index is 12.0. The fraction of sp³-hybridized carbons (Fsp3) is 0.462. The summed E-state index contributed by atoms with van der Waals surface area (Å²) < 4.78 is 5.06. The molecule has 2 rings (SSSR count). The molecule has 1 heterocycles. The van der Waals surface area contributed by atoms with Gasteiger partial charge in [0.15, 0.2) is 0 Å². The molecule has 0 aliphatic carbocycles. The molecule has 6 heteroatoms. The Kier molecular flexibility index (Phi) is 5.91. The lowest BCUT2D eigenvalue weighted by molar-refractivity contribution is -0.121. The summed E-state index contributed by atoms with van der Waals surface area (Å²) in [5.74, 6) is 1.07. The number of carbonyl (C=O) groups excluding carboxylic acids is 1. The minimum absolute atomic E-state index is 0. The quantitative estimate of drug-likeness (QED) is 0.899. The van der Waals surface area contributed by atoms with Crippen molar-refractivity contribution in [1.29, 1.82) is 0 Å². The van der Waals surface area contributed by atoms with Crippen LogP contribution >= 0.6 is 24.0 Å². The number of methoxy groups -OCH3 is 1. The summed E-state index contributed by atoms with van der Waals surface area (Å²) in [6, 6.07) is 5.23. The van der Waals surface area contributed by atoms with Crippen molar-refractivity contribution in [3.05, 3.63) is 23.2 Å². The van der Waals surface area contributed by atoms with E-state index in [9.17, 15) is 4.79 Å². The van der Waals surface area contributed by atoms with Crippen molar-refractivity contribution in [1.82, 2.24) is 5.32 Å². The minimum Gasteiger partial charge on any atom is -0.495 e. The van der Waals surface area contributed by atoms with Crippen LogP contribution in [0.15, 0.2) is 18.2 Å². The van der Waals surface area contributed by atoms with Gasteiger partial charge in [0.05, 0.1) is 12.1 Å². The lowest BCUT2D eigenvalue weighted by Crippen LogP contribution is -2.48. The number of carbonyl (C=O) groups is 1. The molecule has 1 fully saturated rings. The lowest BCUT2D eigenvalue weighted by atomic mass is 9.88. The van der Waals surface area contributed by atoms with Crippen LogP contribution in [-0.2, 0) is 4.79 Å². The second-order valence-electron chi connectivity index (χ2n) is 4.55. The second-order valence-corrected chi connectivity index (χ2v) is 4.95. The first kappa shape index (κ1) is 16.1. The van der Waals surface area contributed by atoms with E-state index in [-0.39, 0.29) is 24.2 Å². The van der Waals surface area contributed by atoms with Gasteiger partial charge in [0.25, 0.3) is 0 Å². The van der Waals surface area contributed by atoms with E-state index in [0.29, 0.717) is 22.4 Å². The Morgan fingerprint density at radius 3 is 2.68 bits per heavy atom. The normalized spacial score (nSPS) is 15.9. The van der Waals surface area contributed by atoms with E-state index >= 15 is 0 Å². The molecule has 4 nitrogen and oxygen atoms in total. The standard InChI is InChI=1S/C13H17ClN2O2.ClH/c1-8(9-6-15-7-9)13(17)16-10-3-4-12(18-2)11(14)5-10;/h3-5,8-9,15H,6-7H2,1-2H3,(H,16,17);1H. The Labute approximate surface area is 124 Å². The van der Waals surface area contributed by atoms with E-state index < -0.39 is 0 Å². The average Bonchev–Trinajstić information content (AvgIpc) is 2.26. The summed E-state index contributed by atoms with van der Waals surface area (Å²) >= 11 is 6.01. The third kappa shape index (κ3) is 3.75. The molecule has 2 N–H and O–H groups in total. The Morgan fingerprint density at radius 2 is 2.21 bits per heavy atom. The highest BCUT2D eigenvalue weighted by Gasteiger charge is 2.28. The van der Waals surface area contributed by atoms with Crippen LogP contribution in [0, 0.1) is 11.8 Å². The van der Waals surface area contributed by atoms with Gasteiger partial charge < -0.3 is 15.4 Å². The van der Waals surface area contributed by atoms with Crippen molar-refractivity contribution in [2.24, 2.45) is 11.8 Å². The highest BCUT2D eigenvalue weighted by molar-refractivity contribution is 6.32. The van der Waals surface area contributed by atoms with Crippen LogP contribution < -0.4 is 15.4 Å². The van der Waals surface area contributed by atoms with E-state index in [1.54, 1.807) is 25.3 Å². The molecule has 0 spiro atoms. The highest BCUT2D eigenvalue weighted by atomic mass is 35.5. The molecule has 1 amide bonds. The van der Waals surface area contributed by atoms with Crippen LogP contribution in [0.1, 0.15) is 6.92 Å². The molecule has 1 aliphatic heterocycles. The van der Waals surface area contributed by atoms with Gasteiger partial charge in [-0.05, 0) is 37.2 Å². The number of benzene rings is 1. The Balaban J connectivity index is 0.00000180. The van der Waals surface area contributed by atoms with Crippen LogP contribution in [0.3, 0.4) is 0 Å². The van der Waals surface area contributed by atoms with Gasteiger partial charge in [-0.1, -0.05) is 18.5 Å². The number of hydrogen-bond donors (Lipinski definition) is 2. The first-order valence-electron chi connectivity index (χ1n) is 5.97. The second kappa shape index (κ2) is 6.98. The van der Waals surface area contributed by atoms with Gasteiger partial charge >= 0.3 is 0 Å². The van der Waals surface area contributed by atoms with Gasteiger partial charge in [-0.2, -0.15) is 0 Å². The van der Waals surface area contributed by atoms with Crippen molar-refractivity contribution in [3.8, 4) is 5.75 Å². The number of anilines is 1. The summed E-state index contributed by atoms with van der Waals surface area (Å²) in [5.41, 5.74) is 0.699. The molecule has 1 aromatic rings. The highest BCUT2D eigenvalue weighted by Crippen LogP contribution is 2.27. The van der Waals surface area contributed by atoms with E-state index in [0.717, 1.165) is 13.1 Å². The molecule has 1 saturated heterocycles. The summed E-state index contributed by atoms with van der Waals surface area (Å²) in [6.45, 7) is 3.78. The van der Waals surface area contributed by atoms with Crippen molar-refractivity contribution < 1.29 is 9.53 Å². The molecule has 1 aromatic carbocycles. The van der Waals surface area contributed by atoms with Gasteiger partial charge in [0, 0.05) is 11.6 Å². The molecule has 106 valence electrons. The number of hydrogen-bond acceptors (Lipinski definition) is 3. The van der Waals surface area contributed by atoms with Gasteiger partial charge in [-0.25, -0.2) is 0 Å². The maximum atomic E-state index is 12.0. The molecule has 1 unspecified atom stereocenters. The fourth-order valence-electron chi connectivity index (χ4n) is 1.88. The summed E-state index contributed by atoms with van der Waals surface area (Å²) in [7, 11) is 1.56. The first-order chi connectivity index (χ1) is 8.61. The monoisotopic (exact) mass is 304 g/mol. The van der Waals surface area contributed by atoms with Gasteiger partial charge in [0.1, 0.15) is 5.75 Å².